The number of amides is 2. The zero-order valence-corrected chi connectivity index (χ0v) is 13.1. The summed E-state index contributed by atoms with van der Waals surface area (Å²) in [6, 6.07) is 7.21. The van der Waals surface area contributed by atoms with Crippen LogP contribution in [0.5, 0.6) is 0 Å². The Morgan fingerprint density at radius 3 is 3.00 bits per heavy atom. The highest BCUT2D eigenvalue weighted by atomic mass is 16.2. The predicted molar refractivity (Wildman–Crippen MR) is 87.2 cm³/mol. The number of benzene rings is 1. The highest BCUT2D eigenvalue weighted by Crippen LogP contribution is 2.22. The average molecular weight is 312 g/mol. The number of rotatable bonds is 5. The van der Waals surface area contributed by atoms with Crippen LogP contribution in [0.4, 0.5) is 5.69 Å². The molecule has 0 aliphatic carbocycles. The van der Waals surface area contributed by atoms with Gasteiger partial charge in [-0.2, -0.15) is 0 Å². The van der Waals surface area contributed by atoms with E-state index in [-0.39, 0.29) is 17.9 Å². The summed E-state index contributed by atoms with van der Waals surface area (Å²) in [6.45, 7) is 3.34. The van der Waals surface area contributed by atoms with Gasteiger partial charge in [-0.05, 0) is 31.5 Å². The lowest BCUT2D eigenvalue weighted by Crippen LogP contribution is -2.35. The highest BCUT2D eigenvalue weighted by Gasteiger charge is 2.22. The molecule has 1 fully saturated rings. The Bertz CT molecular complexity index is 696. The average Bonchev–Trinajstić information content (AvgIpc) is 3.19. The molecule has 120 valence electrons. The van der Waals surface area contributed by atoms with E-state index in [0.29, 0.717) is 18.5 Å². The van der Waals surface area contributed by atoms with E-state index in [4.69, 9.17) is 0 Å². The molecule has 1 aromatic heterocycles. The quantitative estimate of drug-likeness (QED) is 0.916. The number of aromatic nitrogens is 2. The van der Waals surface area contributed by atoms with E-state index in [2.05, 4.69) is 10.3 Å². The van der Waals surface area contributed by atoms with E-state index in [1.165, 1.54) is 0 Å². The third-order valence-corrected chi connectivity index (χ3v) is 3.91. The van der Waals surface area contributed by atoms with Crippen LogP contribution in [-0.2, 0) is 11.3 Å². The molecule has 2 heterocycles. The maximum atomic E-state index is 12.4. The molecule has 0 saturated carbocycles. The second kappa shape index (κ2) is 6.64. The van der Waals surface area contributed by atoms with Gasteiger partial charge in [0, 0.05) is 49.2 Å². The summed E-state index contributed by atoms with van der Waals surface area (Å²) in [4.78, 5) is 30.0. The first-order valence-electron chi connectivity index (χ1n) is 7.80. The van der Waals surface area contributed by atoms with Crippen molar-refractivity contribution in [1.29, 1.82) is 0 Å². The molecule has 23 heavy (non-hydrogen) atoms. The monoisotopic (exact) mass is 312 g/mol. The van der Waals surface area contributed by atoms with Crippen LogP contribution in [0.15, 0.2) is 43.0 Å². The molecule has 2 amide bonds. The van der Waals surface area contributed by atoms with E-state index < -0.39 is 0 Å². The minimum absolute atomic E-state index is 0.0197. The van der Waals surface area contributed by atoms with Crippen molar-refractivity contribution in [2.24, 2.45) is 0 Å². The van der Waals surface area contributed by atoms with Crippen LogP contribution in [0.2, 0.25) is 0 Å². The van der Waals surface area contributed by atoms with Crippen LogP contribution in [0.1, 0.15) is 30.1 Å². The first-order chi connectivity index (χ1) is 11.1. The van der Waals surface area contributed by atoms with Gasteiger partial charge < -0.3 is 14.8 Å². The molecule has 0 radical (unpaired) electrons. The minimum atomic E-state index is -0.133. The molecule has 6 nitrogen and oxygen atoms in total. The van der Waals surface area contributed by atoms with Crippen molar-refractivity contribution in [1.82, 2.24) is 14.9 Å². The van der Waals surface area contributed by atoms with Gasteiger partial charge in [-0.15, -0.1) is 0 Å². The molecule has 0 unspecified atom stereocenters. The molecule has 2 aromatic rings. The zero-order chi connectivity index (χ0) is 16.2. The third kappa shape index (κ3) is 3.59. The van der Waals surface area contributed by atoms with Gasteiger partial charge in [0.15, 0.2) is 0 Å². The Labute approximate surface area is 135 Å². The van der Waals surface area contributed by atoms with Crippen molar-refractivity contribution in [3.8, 4) is 0 Å². The molecular formula is C17H20N4O2. The van der Waals surface area contributed by atoms with Crippen LogP contribution in [-0.4, -0.2) is 34.0 Å². The Kier molecular flexibility index (Phi) is 4.41. The van der Waals surface area contributed by atoms with Crippen molar-refractivity contribution in [2.75, 3.05) is 11.4 Å². The highest BCUT2D eigenvalue weighted by molar-refractivity contribution is 5.99. The van der Waals surface area contributed by atoms with Crippen LogP contribution < -0.4 is 10.2 Å². The molecule has 1 aromatic carbocycles. The van der Waals surface area contributed by atoms with Gasteiger partial charge in [0.25, 0.3) is 5.91 Å². The summed E-state index contributed by atoms with van der Waals surface area (Å²) >= 11 is 0. The van der Waals surface area contributed by atoms with Crippen LogP contribution >= 0.6 is 0 Å². The van der Waals surface area contributed by atoms with Gasteiger partial charge in [-0.25, -0.2) is 4.98 Å². The fourth-order valence-electron chi connectivity index (χ4n) is 2.80. The van der Waals surface area contributed by atoms with Gasteiger partial charge in [0.2, 0.25) is 5.91 Å². The normalized spacial score (nSPS) is 15.7. The topological polar surface area (TPSA) is 67.2 Å². The first kappa shape index (κ1) is 15.3. The second-order valence-electron chi connectivity index (χ2n) is 5.83. The molecular weight excluding hydrogens is 292 g/mol. The molecule has 6 heteroatoms. The predicted octanol–water partition coefficient (Wildman–Crippen LogP) is 1.83. The fourth-order valence-corrected chi connectivity index (χ4v) is 2.80. The largest absolute Gasteiger partial charge is 0.348 e. The number of anilines is 1. The maximum Gasteiger partial charge on any atom is 0.251 e. The molecule has 1 atom stereocenters. The SMILES string of the molecule is C[C@@H](Cn1ccnc1)NC(=O)c1cccc(N2CCCC2=O)c1. The van der Waals surface area contributed by atoms with Crippen molar-refractivity contribution in [3.05, 3.63) is 48.5 Å². The summed E-state index contributed by atoms with van der Waals surface area (Å²) in [5, 5.41) is 2.97. The number of hydrogen-bond donors (Lipinski definition) is 1. The first-order valence-corrected chi connectivity index (χ1v) is 7.80. The van der Waals surface area contributed by atoms with E-state index in [1.807, 2.05) is 29.8 Å². The molecule has 1 saturated heterocycles. The number of carbonyl (C=O) groups is 2. The van der Waals surface area contributed by atoms with E-state index in [0.717, 1.165) is 18.7 Å². The molecule has 1 aliphatic heterocycles. The molecule has 0 spiro atoms. The summed E-state index contributed by atoms with van der Waals surface area (Å²) in [6.07, 6.45) is 6.76. The lowest BCUT2D eigenvalue weighted by Gasteiger charge is -2.18. The lowest BCUT2D eigenvalue weighted by molar-refractivity contribution is -0.117. The van der Waals surface area contributed by atoms with Gasteiger partial charge in [-0.3, -0.25) is 9.59 Å². The number of imidazole rings is 1. The number of hydrogen-bond acceptors (Lipinski definition) is 3. The van der Waals surface area contributed by atoms with Crippen molar-refractivity contribution in [3.63, 3.8) is 0 Å². The van der Waals surface area contributed by atoms with Gasteiger partial charge in [-0.1, -0.05) is 6.07 Å². The van der Waals surface area contributed by atoms with Crippen LogP contribution in [0, 0.1) is 0 Å². The summed E-state index contributed by atoms with van der Waals surface area (Å²) < 4.78 is 1.92. The Morgan fingerprint density at radius 2 is 2.30 bits per heavy atom. The standard InChI is InChI=1S/C17H20N4O2/c1-13(11-20-9-7-18-12-20)19-17(23)14-4-2-5-15(10-14)21-8-3-6-16(21)22/h2,4-5,7,9-10,12-13H,3,6,8,11H2,1H3,(H,19,23)/t13-/m0/s1. The van der Waals surface area contributed by atoms with Crippen molar-refractivity contribution in [2.45, 2.75) is 32.4 Å². The molecule has 1 aliphatic rings. The van der Waals surface area contributed by atoms with Crippen LogP contribution in [0.3, 0.4) is 0 Å². The van der Waals surface area contributed by atoms with E-state index >= 15 is 0 Å². The van der Waals surface area contributed by atoms with Gasteiger partial charge in [0.1, 0.15) is 0 Å². The molecule has 3 rings (SSSR count). The van der Waals surface area contributed by atoms with E-state index in [1.54, 1.807) is 29.6 Å². The molecule has 0 bridgehead atoms. The summed E-state index contributed by atoms with van der Waals surface area (Å²) in [7, 11) is 0. The van der Waals surface area contributed by atoms with Crippen molar-refractivity contribution >= 4 is 17.5 Å². The number of nitrogens with zero attached hydrogens (tertiary/aromatic N) is 3. The summed E-state index contributed by atoms with van der Waals surface area (Å²) in [5.41, 5.74) is 1.36. The minimum Gasteiger partial charge on any atom is -0.348 e. The Morgan fingerprint density at radius 1 is 1.43 bits per heavy atom. The maximum absolute atomic E-state index is 12.4. The fraction of sp³-hybridized carbons (Fsp3) is 0.353. The molecule has 1 N–H and O–H groups in total. The number of nitrogens with one attached hydrogen (secondary N) is 1. The Balaban J connectivity index is 1.66. The zero-order valence-electron chi connectivity index (χ0n) is 13.1. The van der Waals surface area contributed by atoms with Crippen LogP contribution in [0.25, 0.3) is 0 Å². The summed E-state index contributed by atoms with van der Waals surface area (Å²) in [5.74, 6) is -0.0119. The van der Waals surface area contributed by atoms with Gasteiger partial charge in [0.05, 0.1) is 6.33 Å². The van der Waals surface area contributed by atoms with Gasteiger partial charge >= 0.3 is 0 Å². The van der Waals surface area contributed by atoms with E-state index in [9.17, 15) is 9.59 Å². The second-order valence-corrected chi connectivity index (χ2v) is 5.83. The third-order valence-electron chi connectivity index (χ3n) is 3.91. The lowest BCUT2D eigenvalue weighted by atomic mass is 10.1. The Hall–Kier alpha value is -2.63. The van der Waals surface area contributed by atoms with Crippen molar-refractivity contribution < 1.29 is 9.59 Å². The smallest absolute Gasteiger partial charge is 0.251 e. The number of carbonyl (C=O) groups excluding carboxylic acids is 2.